The fourth-order valence-electron chi connectivity index (χ4n) is 3.19. The highest BCUT2D eigenvalue weighted by atomic mass is 32.2. The van der Waals surface area contributed by atoms with Gasteiger partial charge in [-0.25, -0.2) is 4.79 Å². The first-order chi connectivity index (χ1) is 10.8. The molecule has 1 heterocycles. The fourth-order valence-corrected chi connectivity index (χ4v) is 4.71. The van der Waals surface area contributed by atoms with Gasteiger partial charge in [0.1, 0.15) is 0 Å². The summed E-state index contributed by atoms with van der Waals surface area (Å²) in [5, 5.41) is 8.52. The molecule has 4 heteroatoms. The first-order valence-corrected chi connectivity index (χ1v) is 9.65. The van der Waals surface area contributed by atoms with Crippen LogP contribution < -0.4 is 0 Å². The van der Waals surface area contributed by atoms with Gasteiger partial charge < -0.3 is 9.84 Å². The number of hydrogen-bond donors (Lipinski definition) is 1. The normalized spacial score (nSPS) is 27.1. The van der Waals surface area contributed by atoms with Crippen LogP contribution in [-0.2, 0) is 9.53 Å². The molecule has 1 saturated carbocycles. The van der Waals surface area contributed by atoms with Crippen molar-refractivity contribution in [3.63, 3.8) is 0 Å². The highest BCUT2D eigenvalue weighted by molar-refractivity contribution is 7.99. The third-order valence-corrected chi connectivity index (χ3v) is 5.89. The lowest BCUT2D eigenvalue weighted by Crippen LogP contribution is -2.24. The minimum Gasteiger partial charge on any atom is -0.478 e. The Bertz CT molecular complexity index is 386. The molecule has 0 amide bonds. The standard InChI is InChI=1S/C18H28O3S/c19-18(20)11-7-2-1-4-8-15-13-22-14-16(15)12-21-17-9-5-3-6-10-17/h1,4,7,11,15-17H,2-3,5-6,8-10,12-14H2,(H,19,20)/b4-1?,11-7-/t15-,16-/m1/s1. The van der Waals surface area contributed by atoms with Crippen molar-refractivity contribution >= 4 is 17.7 Å². The van der Waals surface area contributed by atoms with Gasteiger partial charge in [-0.1, -0.05) is 37.5 Å². The summed E-state index contributed by atoms with van der Waals surface area (Å²) in [4.78, 5) is 10.4. The van der Waals surface area contributed by atoms with Crippen molar-refractivity contribution in [2.75, 3.05) is 18.1 Å². The summed E-state index contributed by atoms with van der Waals surface area (Å²) in [5.74, 6) is 2.98. The largest absolute Gasteiger partial charge is 0.478 e. The van der Waals surface area contributed by atoms with E-state index in [1.54, 1.807) is 6.08 Å². The van der Waals surface area contributed by atoms with Gasteiger partial charge in [-0.2, -0.15) is 11.8 Å². The second-order valence-electron chi connectivity index (χ2n) is 6.33. The van der Waals surface area contributed by atoms with Crippen LogP contribution in [-0.4, -0.2) is 35.3 Å². The number of carboxylic acids is 1. The maximum absolute atomic E-state index is 10.4. The molecule has 0 unspecified atom stereocenters. The van der Waals surface area contributed by atoms with E-state index in [1.807, 2.05) is 11.8 Å². The quantitative estimate of drug-likeness (QED) is 0.534. The molecular weight excluding hydrogens is 296 g/mol. The molecule has 2 fully saturated rings. The second-order valence-corrected chi connectivity index (χ2v) is 7.41. The Morgan fingerprint density at radius 1 is 1.09 bits per heavy atom. The zero-order valence-electron chi connectivity index (χ0n) is 13.3. The fraction of sp³-hybridized carbons (Fsp3) is 0.722. The van der Waals surface area contributed by atoms with Gasteiger partial charge in [0.25, 0.3) is 0 Å². The maximum atomic E-state index is 10.4. The predicted molar refractivity (Wildman–Crippen MR) is 92.3 cm³/mol. The van der Waals surface area contributed by atoms with Crippen LogP contribution in [0.15, 0.2) is 24.3 Å². The van der Waals surface area contributed by atoms with Gasteiger partial charge in [0, 0.05) is 6.08 Å². The summed E-state index contributed by atoms with van der Waals surface area (Å²) in [7, 11) is 0. The summed E-state index contributed by atoms with van der Waals surface area (Å²) < 4.78 is 6.15. The third-order valence-electron chi connectivity index (χ3n) is 4.57. The molecule has 3 nitrogen and oxygen atoms in total. The monoisotopic (exact) mass is 324 g/mol. The predicted octanol–water partition coefficient (Wildman–Crippen LogP) is 4.29. The molecule has 0 aromatic carbocycles. The number of carboxylic acid groups (broad SMARTS) is 1. The van der Waals surface area contributed by atoms with Gasteiger partial charge in [0.15, 0.2) is 0 Å². The Hall–Kier alpha value is -0.740. The smallest absolute Gasteiger partial charge is 0.327 e. The average Bonchev–Trinajstić information content (AvgIpc) is 2.97. The van der Waals surface area contributed by atoms with Gasteiger partial charge in [-0.15, -0.1) is 0 Å². The molecule has 1 saturated heterocycles. The first-order valence-electron chi connectivity index (χ1n) is 8.49. The number of carbonyl (C=O) groups is 1. The van der Waals surface area contributed by atoms with E-state index in [1.165, 1.54) is 49.7 Å². The molecule has 0 aromatic rings. The van der Waals surface area contributed by atoms with Crippen LogP contribution in [0.4, 0.5) is 0 Å². The molecule has 2 rings (SSSR count). The lowest BCUT2D eigenvalue weighted by Gasteiger charge is -2.25. The Morgan fingerprint density at radius 3 is 2.64 bits per heavy atom. The van der Waals surface area contributed by atoms with Crippen LogP contribution in [0.1, 0.15) is 44.9 Å². The highest BCUT2D eigenvalue weighted by Gasteiger charge is 2.28. The highest BCUT2D eigenvalue weighted by Crippen LogP contribution is 2.33. The van der Waals surface area contributed by atoms with Crippen LogP contribution in [0.5, 0.6) is 0 Å². The van der Waals surface area contributed by atoms with Crippen LogP contribution >= 0.6 is 11.8 Å². The van der Waals surface area contributed by atoms with Crippen molar-refractivity contribution in [3.8, 4) is 0 Å². The van der Waals surface area contributed by atoms with E-state index in [0.29, 0.717) is 24.4 Å². The molecule has 2 aliphatic rings. The summed E-state index contributed by atoms with van der Waals surface area (Å²) in [6.45, 7) is 0.926. The van der Waals surface area contributed by atoms with Crippen molar-refractivity contribution < 1.29 is 14.6 Å². The maximum Gasteiger partial charge on any atom is 0.327 e. The van der Waals surface area contributed by atoms with Crippen molar-refractivity contribution in [2.45, 2.75) is 51.0 Å². The first kappa shape index (κ1) is 17.6. The average molecular weight is 324 g/mol. The van der Waals surface area contributed by atoms with E-state index < -0.39 is 5.97 Å². The molecule has 22 heavy (non-hydrogen) atoms. The van der Waals surface area contributed by atoms with Gasteiger partial charge in [-0.3, -0.25) is 0 Å². The zero-order valence-corrected chi connectivity index (χ0v) is 14.1. The van der Waals surface area contributed by atoms with E-state index in [0.717, 1.165) is 13.0 Å². The number of thioether (sulfide) groups is 1. The zero-order chi connectivity index (χ0) is 15.6. The van der Waals surface area contributed by atoms with E-state index in [9.17, 15) is 4.79 Å². The van der Waals surface area contributed by atoms with Crippen molar-refractivity contribution in [2.24, 2.45) is 11.8 Å². The van der Waals surface area contributed by atoms with Gasteiger partial charge >= 0.3 is 5.97 Å². The lowest BCUT2D eigenvalue weighted by atomic mass is 9.93. The molecule has 124 valence electrons. The van der Waals surface area contributed by atoms with Crippen molar-refractivity contribution in [1.29, 1.82) is 0 Å². The summed E-state index contributed by atoms with van der Waals surface area (Å²) in [5.41, 5.74) is 0. The molecule has 0 radical (unpaired) electrons. The molecule has 0 bridgehead atoms. The number of hydrogen-bond acceptors (Lipinski definition) is 3. The minimum atomic E-state index is -0.875. The Kier molecular flexibility index (Phi) is 8.10. The van der Waals surface area contributed by atoms with E-state index in [-0.39, 0.29) is 0 Å². The van der Waals surface area contributed by atoms with Crippen molar-refractivity contribution in [3.05, 3.63) is 24.3 Å². The molecule has 2 atom stereocenters. The number of allylic oxidation sites excluding steroid dienone is 3. The van der Waals surface area contributed by atoms with Gasteiger partial charge in [-0.05, 0) is 49.0 Å². The van der Waals surface area contributed by atoms with Crippen LogP contribution in [0.2, 0.25) is 0 Å². The SMILES string of the molecule is O=C(O)/C=C\CC=CC[C@@H]1CSC[C@H]1COC1CCCCC1. The molecule has 0 spiro atoms. The summed E-state index contributed by atoms with van der Waals surface area (Å²) >= 11 is 2.04. The van der Waals surface area contributed by atoms with E-state index in [4.69, 9.17) is 9.84 Å². The Morgan fingerprint density at radius 2 is 1.86 bits per heavy atom. The number of rotatable bonds is 8. The van der Waals surface area contributed by atoms with Crippen LogP contribution in [0.25, 0.3) is 0 Å². The minimum absolute atomic E-state index is 0.511. The molecule has 1 aliphatic carbocycles. The Balaban J connectivity index is 1.64. The molecule has 1 N–H and O–H groups in total. The van der Waals surface area contributed by atoms with Gasteiger partial charge in [0.2, 0.25) is 0 Å². The van der Waals surface area contributed by atoms with Crippen LogP contribution in [0, 0.1) is 11.8 Å². The summed E-state index contributed by atoms with van der Waals surface area (Å²) in [6, 6.07) is 0. The summed E-state index contributed by atoms with van der Waals surface area (Å²) in [6.07, 6.45) is 16.0. The van der Waals surface area contributed by atoms with E-state index >= 15 is 0 Å². The molecule has 0 aromatic heterocycles. The third kappa shape index (κ3) is 6.57. The van der Waals surface area contributed by atoms with Gasteiger partial charge in [0.05, 0.1) is 12.7 Å². The topological polar surface area (TPSA) is 46.5 Å². The van der Waals surface area contributed by atoms with Crippen LogP contribution in [0.3, 0.4) is 0 Å². The number of aliphatic carboxylic acids is 1. The molecular formula is C18H28O3S. The molecule has 1 aliphatic heterocycles. The Labute approximate surface area is 138 Å². The van der Waals surface area contributed by atoms with E-state index in [2.05, 4.69) is 12.2 Å². The number of ether oxygens (including phenoxy) is 1. The van der Waals surface area contributed by atoms with Crippen molar-refractivity contribution in [1.82, 2.24) is 0 Å². The second kappa shape index (κ2) is 10.1. The lowest BCUT2D eigenvalue weighted by molar-refractivity contribution is -0.131.